The Hall–Kier alpha value is -0.870. The van der Waals surface area contributed by atoms with Gasteiger partial charge in [-0.2, -0.15) is 0 Å². The molecule has 3 rings (SSSR count). The fraction of sp³-hybridized carbons (Fsp3) is 0.588. The zero-order valence-corrected chi connectivity index (χ0v) is 14.0. The molecule has 114 valence electrons. The number of carboxylic acids is 1. The number of carboxylic acid groups (broad SMARTS) is 1. The second-order valence-corrected chi connectivity index (χ2v) is 7.31. The largest absolute Gasteiger partial charge is 0.480 e. The van der Waals surface area contributed by atoms with Crippen LogP contribution < -0.4 is 0 Å². The van der Waals surface area contributed by atoms with Gasteiger partial charge in [-0.25, -0.2) is 0 Å². The standard InChI is InChI=1S/C17H22BrNO2/c1-11-6-7-12(8-14(11)18)10-19-15-5-3-2-4-13(15)9-16(19)17(20)21/h6-8,13,15-16H,2-5,9-10H2,1H3,(H,20,21). The number of likely N-dealkylation sites (tertiary alicyclic amines) is 1. The van der Waals surface area contributed by atoms with Crippen LogP contribution in [0.1, 0.15) is 43.2 Å². The van der Waals surface area contributed by atoms with Crippen molar-refractivity contribution in [1.29, 1.82) is 0 Å². The minimum atomic E-state index is -0.657. The molecule has 3 atom stereocenters. The highest BCUT2D eigenvalue weighted by Gasteiger charge is 2.44. The summed E-state index contributed by atoms with van der Waals surface area (Å²) in [5, 5.41) is 9.56. The van der Waals surface area contributed by atoms with E-state index in [2.05, 4.69) is 46.0 Å². The summed E-state index contributed by atoms with van der Waals surface area (Å²) in [4.78, 5) is 13.9. The Balaban J connectivity index is 1.82. The molecule has 0 radical (unpaired) electrons. The smallest absolute Gasteiger partial charge is 0.320 e. The highest BCUT2D eigenvalue weighted by molar-refractivity contribution is 9.10. The van der Waals surface area contributed by atoms with Gasteiger partial charge in [0.1, 0.15) is 6.04 Å². The molecular formula is C17H22BrNO2. The molecule has 1 saturated carbocycles. The van der Waals surface area contributed by atoms with Crippen molar-refractivity contribution in [2.45, 2.75) is 57.7 Å². The molecule has 1 aliphatic heterocycles. The summed E-state index contributed by atoms with van der Waals surface area (Å²) in [6.45, 7) is 2.82. The molecule has 1 aliphatic carbocycles. The molecule has 4 heteroatoms. The molecule has 1 aromatic rings. The molecule has 1 saturated heterocycles. The third-order valence-electron chi connectivity index (χ3n) is 5.11. The van der Waals surface area contributed by atoms with Gasteiger partial charge in [-0.15, -0.1) is 0 Å². The van der Waals surface area contributed by atoms with Gasteiger partial charge in [0.15, 0.2) is 0 Å². The average Bonchev–Trinajstić information content (AvgIpc) is 2.82. The fourth-order valence-corrected chi connectivity index (χ4v) is 4.39. The highest BCUT2D eigenvalue weighted by atomic mass is 79.9. The Morgan fingerprint density at radius 2 is 2.14 bits per heavy atom. The van der Waals surface area contributed by atoms with Gasteiger partial charge in [0.05, 0.1) is 0 Å². The first-order valence-corrected chi connectivity index (χ1v) is 8.59. The van der Waals surface area contributed by atoms with Crippen LogP contribution >= 0.6 is 15.9 Å². The van der Waals surface area contributed by atoms with Crippen molar-refractivity contribution in [2.75, 3.05) is 0 Å². The Morgan fingerprint density at radius 1 is 1.38 bits per heavy atom. The second kappa shape index (κ2) is 6.09. The van der Waals surface area contributed by atoms with Crippen molar-refractivity contribution in [2.24, 2.45) is 5.92 Å². The Kier molecular flexibility index (Phi) is 4.36. The van der Waals surface area contributed by atoms with Gasteiger partial charge >= 0.3 is 5.97 Å². The maximum Gasteiger partial charge on any atom is 0.320 e. The number of aryl methyl sites for hydroxylation is 1. The third-order valence-corrected chi connectivity index (χ3v) is 5.96. The summed E-state index contributed by atoms with van der Waals surface area (Å²) in [6.07, 6.45) is 5.68. The van der Waals surface area contributed by atoms with Crippen LogP contribution in [-0.4, -0.2) is 28.1 Å². The number of hydrogen-bond donors (Lipinski definition) is 1. The molecule has 3 nitrogen and oxygen atoms in total. The number of nitrogens with zero attached hydrogens (tertiary/aromatic N) is 1. The van der Waals surface area contributed by atoms with Gasteiger partial charge in [0, 0.05) is 17.1 Å². The van der Waals surface area contributed by atoms with E-state index in [1.807, 2.05) is 0 Å². The van der Waals surface area contributed by atoms with E-state index in [0.717, 1.165) is 23.9 Å². The van der Waals surface area contributed by atoms with Crippen LogP contribution in [0.5, 0.6) is 0 Å². The molecule has 1 aromatic carbocycles. The van der Waals surface area contributed by atoms with Gasteiger partial charge < -0.3 is 5.11 Å². The summed E-state index contributed by atoms with van der Waals surface area (Å²) in [5.41, 5.74) is 2.41. The normalized spacial score (nSPS) is 29.3. The first-order valence-electron chi connectivity index (χ1n) is 7.80. The van der Waals surface area contributed by atoms with Gasteiger partial charge in [-0.1, -0.05) is 40.9 Å². The SMILES string of the molecule is Cc1ccc(CN2C(C(=O)O)CC3CCCCC32)cc1Br. The van der Waals surface area contributed by atoms with Crippen LogP contribution in [0.2, 0.25) is 0 Å². The maximum absolute atomic E-state index is 11.6. The van der Waals surface area contributed by atoms with Crippen LogP contribution in [0.3, 0.4) is 0 Å². The summed E-state index contributed by atoms with van der Waals surface area (Å²) in [7, 11) is 0. The molecule has 21 heavy (non-hydrogen) atoms. The summed E-state index contributed by atoms with van der Waals surface area (Å²) < 4.78 is 1.10. The maximum atomic E-state index is 11.6. The Bertz CT molecular complexity index is 546. The summed E-state index contributed by atoms with van der Waals surface area (Å²) in [6, 6.07) is 6.50. The van der Waals surface area contributed by atoms with E-state index in [-0.39, 0.29) is 6.04 Å². The molecule has 2 aliphatic rings. The summed E-state index contributed by atoms with van der Waals surface area (Å²) >= 11 is 3.57. The zero-order chi connectivity index (χ0) is 15.0. The van der Waals surface area contributed by atoms with Crippen LogP contribution in [0.4, 0.5) is 0 Å². The van der Waals surface area contributed by atoms with Gasteiger partial charge in [0.25, 0.3) is 0 Å². The predicted octanol–water partition coefficient (Wildman–Crippen LogP) is 3.98. The number of hydrogen-bond acceptors (Lipinski definition) is 2. The van der Waals surface area contributed by atoms with E-state index in [1.54, 1.807) is 0 Å². The first-order chi connectivity index (χ1) is 10.1. The molecule has 0 bridgehead atoms. The minimum absolute atomic E-state index is 0.307. The van der Waals surface area contributed by atoms with E-state index < -0.39 is 5.97 Å². The molecular weight excluding hydrogens is 330 g/mol. The number of aliphatic carboxylic acids is 1. The van der Waals surface area contributed by atoms with Crippen molar-refractivity contribution in [3.05, 3.63) is 33.8 Å². The van der Waals surface area contributed by atoms with E-state index in [9.17, 15) is 9.90 Å². The Labute approximate surface area is 134 Å². The Morgan fingerprint density at radius 3 is 2.86 bits per heavy atom. The average molecular weight is 352 g/mol. The number of fused-ring (bicyclic) bond motifs is 1. The molecule has 0 amide bonds. The van der Waals surface area contributed by atoms with Crippen LogP contribution in [-0.2, 0) is 11.3 Å². The van der Waals surface area contributed by atoms with Crippen molar-refractivity contribution in [3.8, 4) is 0 Å². The quantitative estimate of drug-likeness (QED) is 0.895. The summed E-state index contributed by atoms with van der Waals surface area (Å²) in [5.74, 6) is -0.0793. The van der Waals surface area contributed by atoms with Crippen molar-refractivity contribution >= 4 is 21.9 Å². The molecule has 1 N–H and O–H groups in total. The van der Waals surface area contributed by atoms with Crippen LogP contribution in [0, 0.1) is 12.8 Å². The van der Waals surface area contributed by atoms with Crippen LogP contribution in [0.15, 0.2) is 22.7 Å². The topological polar surface area (TPSA) is 40.5 Å². The molecule has 0 spiro atoms. The number of rotatable bonds is 3. The minimum Gasteiger partial charge on any atom is -0.480 e. The van der Waals surface area contributed by atoms with E-state index in [4.69, 9.17) is 0 Å². The number of carbonyl (C=O) groups is 1. The zero-order valence-electron chi connectivity index (χ0n) is 12.4. The second-order valence-electron chi connectivity index (χ2n) is 6.46. The van der Waals surface area contributed by atoms with E-state index in [1.165, 1.54) is 30.4 Å². The van der Waals surface area contributed by atoms with Gasteiger partial charge in [-0.05, 0) is 49.3 Å². The molecule has 1 heterocycles. The van der Waals surface area contributed by atoms with Crippen molar-refractivity contribution < 1.29 is 9.90 Å². The van der Waals surface area contributed by atoms with Gasteiger partial charge in [-0.3, -0.25) is 9.69 Å². The van der Waals surface area contributed by atoms with Crippen molar-refractivity contribution in [1.82, 2.24) is 4.90 Å². The monoisotopic (exact) mass is 351 g/mol. The van der Waals surface area contributed by atoms with Crippen molar-refractivity contribution in [3.63, 3.8) is 0 Å². The molecule has 0 aromatic heterocycles. The lowest BCUT2D eigenvalue weighted by Gasteiger charge is -2.33. The number of halogens is 1. The lowest BCUT2D eigenvalue weighted by molar-refractivity contribution is -0.142. The highest BCUT2D eigenvalue weighted by Crippen LogP contribution is 2.40. The van der Waals surface area contributed by atoms with Gasteiger partial charge in [0.2, 0.25) is 0 Å². The first kappa shape index (κ1) is 15.0. The van der Waals surface area contributed by atoms with E-state index >= 15 is 0 Å². The fourth-order valence-electron chi connectivity index (χ4n) is 3.97. The number of benzene rings is 1. The van der Waals surface area contributed by atoms with E-state index in [0.29, 0.717) is 12.0 Å². The lowest BCUT2D eigenvalue weighted by Crippen LogP contribution is -2.41. The van der Waals surface area contributed by atoms with Crippen LogP contribution in [0.25, 0.3) is 0 Å². The predicted molar refractivity (Wildman–Crippen MR) is 86.2 cm³/mol. The molecule has 2 fully saturated rings. The lowest BCUT2D eigenvalue weighted by atomic mass is 9.84. The molecule has 3 unspecified atom stereocenters. The third kappa shape index (κ3) is 3.02.